The lowest BCUT2D eigenvalue weighted by Gasteiger charge is -2.27. The van der Waals surface area contributed by atoms with Gasteiger partial charge < -0.3 is 14.6 Å². The van der Waals surface area contributed by atoms with Crippen molar-refractivity contribution in [3.63, 3.8) is 0 Å². The zero-order valence-electron chi connectivity index (χ0n) is 13.0. The Labute approximate surface area is 134 Å². The van der Waals surface area contributed by atoms with Crippen molar-refractivity contribution in [1.82, 2.24) is 0 Å². The van der Waals surface area contributed by atoms with E-state index in [0.29, 0.717) is 5.76 Å². The van der Waals surface area contributed by atoms with Gasteiger partial charge in [0.05, 0.1) is 0 Å². The third-order valence-electron chi connectivity index (χ3n) is 4.34. The van der Waals surface area contributed by atoms with Crippen LogP contribution in [0.5, 0.6) is 0 Å². The molecule has 0 saturated heterocycles. The third-order valence-corrected chi connectivity index (χ3v) is 4.34. The summed E-state index contributed by atoms with van der Waals surface area (Å²) in [4.78, 5) is 14.7. The van der Waals surface area contributed by atoms with Crippen molar-refractivity contribution in [2.45, 2.75) is 12.8 Å². The maximum Gasteiger partial charge on any atom is 0.291 e. The van der Waals surface area contributed by atoms with E-state index in [1.807, 2.05) is 30.3 Å². The van der Waals surface area contributed by atoms with Gasteiger partial charge in [0.2, 0.25) is 0 Å². The number of amides is 1. The average Bonchev–Trinajstić information content (AvgIpc) is 2.99. The molecular formula is C19H18N2O2. The summed E-state index contributed by atoms with van der Waals surface area (Å²) < 4.78 is 5.61. The number of carbonyl (C=O) groups is 1. The van der Waals surface area contributed by atoms with Gasteiger partial charge in [-0.25, -0.2) is 0 Å². The summed E-state index contributed by atoms with van der Waals surface area (Å²) in [5, 5.41) is 3.87. The maximum absolute atomic E-state index is 12.4. The summed E-state index contributed by atoms with van der Waals surface area (Å²) in [5.41, 5.74) is 4.06. The summed E-state index contributed by atoms with van der Waals surface area (Å²) in [6.07, 6.45) is 2.19. The van der Waals surface area contributed by atoms with E-state index >= 15 is 0 Å². The highest BCUT2D eigenvalue weighted by atomic mass is 16.3. The van der Waals surface area contributed by atoms with Gasteiger partial charge in [0.15, 0.2) is 5.76 Å². The molecule has 1 amide bonds. The van der Waals surface area contributed by atoms with Crippen molar-refractivity contribution in [2.24, 2.45) is 0 Å². The zero-order valence-corrected chi connectivity index (χ0v) is 13.0. The third kappa shape index (κ3) is 2.57. The molecule has 4 nitrogen and oxygen atoms in total. The standard InChI is InChI=1S/C19H18N2O2/c1-21-10-4-6-13-11-15(8-9-16(13)21)20-19(22)18-12-14-5-2-3-7-17(14)23-18/h2-3,5,7-9,11-12H,4,6,10H2,1H3,(H,20,22). The van der Waals surface area contributed by atoms with Crippen LogP contribution in [0.25, 0.3) is 11.0 Å². The lowest BCUT2D eigenvalue weighted by molar-refractivity contribution is 0.0998. The Balaban J connectivity index is 1.59. The molecule has 23 heavy (non-hydrogen) atoms. The first-order chi connectivity index (χ1) is 11.2. The van der Waals surface area contributed by atoms with Crippen LogP contribution in [0.1, 0.15) is 22.5 Å². The maximum atomic E-state index is 12.4. The van der Waals surface area contributed by atoms with Gasteiger partial charge in [0.1, 0.15) is 5.58 Å². The van der Waals surface area contributed by atoms with Crippen LogP contribution in [-0.4, -0.2) is 19.5 Å². The molecule has 0 radical (unpaired) electrons. The van der Waals surface area contributed by atoms with Gasteiger partial charge in [-0.2, -0.15) is 0 Å². The molecule has 2 aromatic carbocycles. The molecule has 2 heterocycles. The number of aryl methyl sites for hydroxylation is 1. The van der Waals surface area contributed by atoms with Crippen LogP contribution < -0.4 is 10.2 Å². The minimum absolute atomic E-state index is 0.217. The van der Waals surface area contributed by atoms with Crippen LogP contribution in [0.3, 0.4) is 0 Å². The van der Waals surface area contributed by atoms with Gasteiger partial charge >= 0.3 is 0 Å². The highest BCUT2D eigenvalue weighted by Gasteiger charge is 2.16. The Kier molecular flexibility index (Phi) is 3.30. The van der Waals surface area contributed by atoms with Gasteiger partial charge in [-0.05, 0) is 48.7 Å². The Morgan fingerprint density at radius 2 is 2.04 bits per heavy atom. The Morgan fingerprint density at radius 3 is 2.91 bits per heavy atom. The summed E-state index contributed by atoms with van der Waals surface area (Å²) >= 11 is 0. The van der Waals surface area contributed by atoms with E-state index in [1.165, 1.54) is 11.3 Å². The smallest absolute Gasteiger partial charge is 0.291 e. The van der Waals surface area contributed by atoms with Crippen molar-refractivity contribution >= 4 is 28.3 Å². The summed E-state index contributed by atoms with van der Waals surface area (Å²) in [7, 11) is 2.10. The van der Waals surface area contributed by atoms with E-state index < -0.39 is 0 Å². The number of anilines is 2. The summed E-state index contributed by atoms with van der Waals surface area (Å²) in [6.45, 7) is 1.08. The second-order valence-electron chi connectivity index (χ2n) is 5.97. The Morgan fingerprint density at radius 1 is 1.17 bits per heavy atom. The SMILES string of the molecule is CN1CCCc2cc(NC(=O)c3cc4ccccc4o3)ccc21. The van der Waals surface area contributed by atoms with Crippen molar-refractivity contribution in [1.29, 1.82) is 0 Å². The lowest BCUT2D eigenvalue weighted by atomic mass is 10.0. The van der Waals surface area contributed by atoms with Gasteiger partial charge in [-0.1, -0.05) is 18.2 Å². The molecule has 116 valence electrons. The van der Waals surface area contributed by atoms with Crippen molar-refractivity contribution in [3.05, 3.63) is 59.9 Å². The fraction of sp³-hybridized carbons (Fsp3) is 0.211. The summed E-state index contributed by atoms with van der Waals surface area (Å²) in [6, 6.07) is 15.5. The van der Waals surface area contributed by atoms with E-state index in [4.69, 9.17) is 4.42 Å². The Bertz CT molecular complexity index is 849. The normalized spacial score (nSPS) is 13.9. The fourth-order valence-electron chi connectivity index (χ4n) is 3.15. The van der Waals surface area contributed by atoms with E-state index in [2.05, 4.69) is 29.4 Å². The quantitative estimate of drug-likeness (QED) is 0.776. The van der Waals surface area contributed by atoms with Crippen LogP contribution >= 0.6 is 0 Å². The molecule has 3 aromatic rings. The van der Waals surface area contributed by atoms with Crippen LogP contribution in [0, 0.1) is 0 Å². The second-order valence-corrected chi connectivity index (χ2v) is 5.97. The molecule has 4 rings (SSSR count). The lowest BCUT2D eigenvalue weighted by Crippen LogP contribution is -2.24. The number of nitrogens with one attached hydrogen (secondary N) is 1. The minimum atomic E-state index is -0.217. The predicted molar refractivity (Wildman–Crippen MR) is 92.2 cm³/mol. The monoisotopic (exact) mass is 306 g/mol. The zero-order chi connectivity index (χ0) is 15.8. The Hall–Kier alpha value is -2.75. The van der Waals surface area contributed by atoms with Gasteiger partial charge in [-0.15, -0.1) is 0 Å². The highest BCUT2D eigenvalue weighted by Crippen LogP contribution is 2.29. The molecule has 1 aliphatic heterocycles. The van der Waals surface area contributed by atoms with E-state index in [0.717, 1.165) is 36.0 Å². The molecule has 0 saturated carbocycles. The van der Waals surface area contributed by atoms with Gasteiger partial charge in [-0.3, -0.25) is 4.79 Å². The summed E-state index contributed by atoms with van der Waals surface area (Å²) in [5.74, 6) is 0.117. The van der Waals surface area contributed by atoms with E-state index in [9.17, 15) is 4.79 Å². The molecule has 0 fully saturated rings. The number of furan rings is 1. The largest absolute Gasteiger partial charge is 0.451 e. The number of hydrogen-bond donors (Lipinski definition) is 1. The minimum Gasteiger partial charge on any atom is -0.451 e. The van der Waals surface area contributed by atoms with Gasteiger partial charge in [0, 0.05) is 30.4 Å². The first-order valence-corrected chi connectivity index (χ1v) is 7.85. The van der Waals surface area contributed by atoms with E-state index in [1.54, 1.807) is 6.07 Å². The number of fused-ring (bicyclic) bond motifs is 2. The molecule has 0 bridgehead atoms. The second kappa shape index (κ2) is 5.47. The molecule has 1 aromatic heterocycles. The van der Waals surface area contributed by atoms with Crippen molar-refractivity contribution in [3.8, 4) is 0 Å². The molecule has 4 heteroatoms. The fourth-order valence-corrected chi connectivity index (χ4v) is 3.15. The molecule has 0 atom stereocenters. The number of rotatable bonds is 2. The number of nitrogens with zero attached hydrogens (tertiary/aromatic N) is 1. The molecule has 0 aliphatic carbocycles. The van der Waals surface area contributed by atoms with Crippen LogP contribution in [0.2, 0.25) is 0 Å². The van der Waals surface area contributed by atoms with E-state index in [-0.39, 0.29) is 5.91 Å². The predicted octanol–water partition coefficient (Wildman–Crippen LogP) is 4.07. The molecule has 1 N–H and O–H groups in total. The number of hydrogen-bond acceptors (Lipinski definition) is 3. The molecule has 0 spiro atoms. The number of para-hydroxylation sites is 1. The van der Waals surface area contributed by atoms with Gasteiger partial charge in [0.25, 0.3) is 5.91 Å². The topological polar surface area (TPSA) is 45.5 Å². The van der Waals surface area contributed by atoms with Crippen molar-refractivity contribution in [2.75, 3.05) is 23.8 Å². The number of benzene rings is 2. The molecule has 0 unspecified atom stereocenters. The highest BCUT2D eigenvalue weighted by molar-refractivity contribution is 6.04. The first-order valence-electron chi connectivity index (χ1n) is 7.85. The van der Waals surface area contributed by atoms with Crippen LogP contribution in [-0.2, 0) is 6.42 Å². The molecular weight excluding hydrogens is 288 g/mol. The number of carbonyl (C=O) groups excluding carboxylic acids is 1. The first kappa shape index (κ1) is 13.9. The van der Waals surface area contributed by atoms with Crippen molar-refractivity contribution < 1.29 is 9.21 Å². The molecule has 1 aliphatic rings. The van der Waals surface area contributed by atoms with Crippen LogP contribution in [0.15, 0.2) is 52.9 Å². The average molecular weight is 306 g/mol. The van der Waals surface area contributed by atoms with Crippen LogP contribution in [0.4, 0.5) is 11.4 Å².